The normalized spacial score (nSPS) is 14.7. The number of halogens is 4. The van der Waals surface area contributed by atoms with Crippen molar-refractivity contribution in [3.05, 3.63) is 81.6 Å². The summed E-state index contributed by atoms with van der Waals surface area (Å²) in [6.45, 7) is 1.74. The van der Waals surface area contributed by atoms with E-state index in [9.17, 15) is 18.0 Å². The van der Waals surface area contributed by atoms with E-state index in [-0.39, 0.29) is 18.1 Å². The molecule has 1 aliphatic rings. The molecule has 3 aromatic rings. The van der Waals surface area contributed by atoms with Gasteiger partial charge in [-0.2, -0.15) is 18.3 Å². The second kappa shape index (κ2) is 8.98. The first-order chi connectivity index (χ1) is 15.2. The fraction of sp³-hybridized carbons (Fsp3) is 0.333. The number of carbonyl (C=O) groups is 1. The molecule has 2 aromatic carbocycles. The van der Waals surface area contributed by atoms with Crippen LogP contribution < -0.4 is 5.32 Å². The number of aromatic nitrogens is 2. The van der Waals surface area contributed by atoms with Gasteiger partial charge >= 0.3 is 6.18 Å². The minimum atomic E-state index is -4.60. The Kier molecular flexibility index (Phi) is 6.29. The highest BCUT2D eigenvalue weighted by Crippen LogP contribution is 2.31. The van der Waals surface area contributed by atoms with Crippen LogP contribution in [0.5, 0.6) is 0 Å². The molecule has 168 valence electrons. The van der Waals surface area contributed by atoms with E-state index in [1.165, 1.54) is 21.9 Å². The van der Waals surface area contributed by atoms with Crippen molar-refractivity contribution in [3.8, 4) is 5.69 Å². The van der Waals surface area contributed by atoms with Gasteiger partial charge in [-0.15, -0.1) is 0 Å². The average Bonchev–Trinajstić information content (AvgIpc) is 3.21. The molecule has 1 amide bonds. The quantitative estimate of drug-likeness (QED) is 0.518. The predicted octanol–water partition coefficient (Wildman–Crippen LogP) is 5.84. The predicted molar refractivity (Wildman–Crippen MR) is 117 cm³/mol. The first kappa shape index (κ1) is 22.4. The fourth-order valence-electron chi connectivity index (χ4n) is 4.20. The molecule has 4 rings (SSSR count). The van der Waals surface area contributed by atoms with Crippen LogP contribution in [-0.2, 0) is 30.4 Å². The summed E-state index contributed by atoms with van der Waals surface area (Å²) in [6, 6.07) is 13.4. The van der Waals surface area contributed by atoms with Crippen molar-refractivity contribution in [2.24, 2.45) is 0 Å². The van der Waals surface area contributed by atoms with Crippen molar-refractivity contribution >= 4 is 17.5 Å². The second-order valence-corrected chi connectivity index (χ2v) is 8.48. The van der Waals surface area contributed by atoms with Crippen LogP contribution in [0.4, 0.5) is 13.2 Å². The van der Waals surface area contributed by atoms with E-state index >= 15 is 0 Å². The maximum Gasteiger partial charge on any atom is 0.435 e. The minimum Gasteiger partial charge on any atom is -0.350 e. The summed E-state index contributed by atoms with van der Waals surface area (Å²) < 4.78 is 41.1. The summed E-state index contributed by atoms with van der Waals surface area (Å²) in [5.41, 5.74) is 3.08. The van der Waals surface area contributed by atoms with E-state index < -0.39 is 17.8 Å². The lowest BCUT2D eigenvalue weighted by atomic mass is 9.84. The lowest BCUT2D eigenvalue weighted by Gasteiger charge is -2.22. The molecule has 0 bridgehead atoms. The zero-order chi connectivity index (χ0) is 22.9. The summed E-state index contributed by atoms with van der Waals surface area (Å²) in [4.78, 5) is 12.9. The molecule has 4 nitrogen and oxygen atoms in total. The van der Waals surface area contributed by atoms with Crippen LogP contribution in [0.3, 0.4) is 0 Å². The average molecular weight is 462 g/mol. The first-order valence-corrected chi connectivity index (χ1v) is 10.9. The van der Waals surface area contributed by atoms with E-state index in [1.54, 1.807) is 18.2 Å². The highest BCUT2D eigenvalue weighted by molar-refractivity contribution is 6.30. The van der Waals surface area contributed by atoms with Crippen molar-refractivity contribution in [3.63, 3.8) is 0 Å². The van der Waals surface area contributed by atoms with Crippen LogP contribution >= 0.6 is 11.6 Å². The maximum atomic E-state index is 13.3. The van der Waals surface area contributed by atoms with Crippen LogP contribution in [0.2, 0.25) is 5.02 Å². The molecule has 0 radical (unpaired) electrons. The monoisotopic (exact) mass is 461 g/mol. The zero-order valence-electron chi connectivity index (χ0n) is 17.5. The Balaban J connectivity index is 1.57. The van der Waals surface area contributed by atoms with Crippen LogP contribution in [0, 0.1) is 0 Å². The van der Waals surface area contributed by atoms with Crippen LogP contribution in [-0.4, -0.2) is 15.7 Å². The van der Waals surface area contributed by atoms with Crippen LogP contribution in [0.15, 0.2) is 48.5 Å². The molecule has 1 unspecified atom stereocenters. The number of aryl methyl sites for hydroxylation is 1. The number of alkyl halides is 3. The maximum absolute atomic E-state index is 13.3. The van der Waals surface area contributed by atoms with E-state index in [2.05, 4.69) is 16.5 Å². The SMILES string of the molecule is CC(C(=O)NCc1cc(C(F)(F)F)nn1-c1cccc(Cl)c1)c1cccc2c1CCCC2. The van der Waals surface area contributed by atoms with Gasteiger partial charge in [-0.25, -0.2) is 4.68 Å². The van der Waals surface area contributed by atoms with E-state index in [0.717, 1.165) is 37.3 Å². The van der Waals surface area contributed by atoms with Crippen LogP contribution in [0.25, 0.3) is 5.69 Å². The number of hydrogen-bond acceptors (Lipinski definition) is 2. The number of hydrogen-bond donors (Lipinski definition) is 1. The topological polar surface area (TPSA) is 46.9 Å². The molecule has 1 atom stereocenters. The van der Waals surface area contributed by atoms with E-state index in [4.69, 9.17) is 11.6 Å². The molecule has 0 fully saturated rings. The van der Waals surface area contributed by atoms with Gasteiger partial charge in [-0.3, -0.25) is 4.79 Å². The fourth-order valence-corrected chi connectivity index (χ4v) is 4.39. The summed E-state index contributed by atoms with van der Waals surface area (Å²) >= 11 is 6.01. The van der Waals surface area contributed by atoms with Gasteiger partial charge in [0.1, 0.15) is 0 Å². The van der Waals surface area contributed by atoms with Gasteiger partial charge in [0, 0.05) is 5.02 Å². The lowest BCUT2D eigenvalue weighted by Crippen LogP contribution is -2.29. The van der Waals surface area contributed by atoms with Gasteiger partial charge in [0.15, 0.2) is 5.69 Å². The Labute approximate surface area is 189 Å². The number of nitrogens with one attached hydrogen (secondary N) is 1. The third-order valence-corrected chi connectivity index (χ3v) is 6.10. The van der Waals surface area contributed by atoms with Crippen molar-refractivity contribution in [1.29, 1.82) is 0 Å². The molecule has 32 heavy (non-hydrogen) atoms. The molecule has 1 aliphatic carbocycles. The molecular weight excluding hydrogens is 439 g/mol. The Bertz CT molecular complexity index is 1140. The highest BCUT2D eigenvalue weighted by atomic mass is 35.5. The molecule has 1 heterocycles. The zero-order valence-corrected chi connectivity index (χ0v) is 18.3. The minimum absolute atomic E-state index is 0.0895. The Hall–Kier alpha value is -2.80. The molecule has 0 saturated carbocycles. The molecule has 0 spiro atoms. The molecule has 1 aromatic heterocycles. The standard InChI is InChI=1S/C24H23ClF3N3O/c1-15(20-11-4-7-16-6-2-3-10-21(16)20)23(32)29-14-19-13-22(24(26,27)28)30-31(19)18-9-5-8-17(25)12-18/h4-5,7-9,11-13,15H,2-3,6,10,14H2,1H3,(H,29,32). The number of nitrogens with zero attached hydrogens (tertiary/aromatic N) is 2. The summed E-state index contributed by atoms with van der Waals surface area (Å²) in [7, 11) is 0. The molecule has 0 saturated heterocycles. The van der Waals surface area contributed by atoms with Gasteiger partial charge < -0.3 is 5.32 Å². The molecule has 0 aliphatic heterocycles. The largest absolute Gasteiger partial charge is 0.435 e. The summed E-state index contributed by atoms with van der Waals surface area (Å²) in [6.07, 6.45) is -0.404. The van der Waals surface area contributed by atoms with E-state index in [0.29, 0.717) is 10.7 Å². The molecule has 8 heteroatoms. The third-order valence-electron chi connectivity index (χ3n) is 5.86. The van der Waals surface area contributed by atoms with Gasteiger partial charge in [-0.1, -0.05) is 35.9 Å². The highest BCUT2D eigenvalue weighted by Gasteiger charge is 2.35. The van der Waals surface area contributed by atoms with Gasteiger partial charge in [-0.05, 0) is 73.6 Å². The summed E-state index contributed by atoms with van der Waals surface area (Å²) in [5, 5.41) is 6.89. The molecular formula is C24H23ClF3N3O. The first-order valence-electron chi connectivity index (χ1n) is 10.5. The summed E-state index contributed by atoms with van der Waals surface area (Å²) in [5.74, 6) is -0.649. The Morgan fingerprint density at radius 1 is 1.16 bits per heavy atom. The number of amides is 1. The third kappa shape index (κ3) is 4.67. The Morgan fingerprint density at radius 2 is 1.91 bits per heavy atom. The molecule has 1 N–H and O–H groups in total. The van der Waals surface area contributed by atoms with Gasteiger partial charge in [0.2, 0.25) is 5.91 Å². The van der Waals surface area contributed by atoms with E-state index in [1.807, 2.05) is 19.1 Å². The lowest BCUT2D eigenvalue weighted by molar-refractivity contribution is -0.141. The van der Waals surface area contributed by atoms with Gasteiger partial charge in [0.25, 0.3) is 0 Å². The number of fused-ring (bicyclic) bond motifs is 1. The van der Waals surface area contributed by atoms with Crippen molar-refractivity contribution in [1.82, 2.24) is 15.1 Å². The smallest absolute Gasteiger partial charge is 0.350 e. The van der Waals surface area contributed by atoms with Crippen molar-refractivity contribution < 1.29 is 18.0 Å². The number of rotatable bonds is 5. The number of carbonyl (C=O) groups excluding carboxylic acids is 1. The Morgan fingerprint density at radius 3 is 2.66 bits per heavy atom. The van der Waals surface area contributed by atoms with Crippen LogP contribution in [0.1, 0.15) is 53.8 Å². The number of benzene rings is 2. The van der Waals surface area contributed by atoms with Gasteiger partial charge in [0.05, 0.1) is 23.8 Å². The van der Waals surface area contributed by atoms with Crippen molar-refractivity contribution in [2.75, 3.05) is 0 Å². The van der Waals surface area contributed by atoms with Crippen molar-refractivity contribution in [2.45, 2.75) is 51.2 Å². The second-order valence-electron chi connectivity index (χ2n) is 8.04.